The van der Waals surface area contributed by atoms with Gasteiger partial charge in [-0.05, 0) is 61.6 Å². The standard InChI is InChI=1S/C31H32N4O4/c1-18-12-25(19(2)32-27-11-7-6-10-24(27)30(38)39-3)28-26(13-18)29(37)35(22-14-23(36)15-22)31(33-28)34-16-20-8-4-5-9-21(20)17-34/h4-13,19,22-23,32,36H,14-17H2,1-3H3. The highest BCUT2D eigenvalue weighted by Crippen LogP contribution is 2.37. The van der Waals surface area contributed by atoms with Crippen LogP contribution in [-0.2, 0) is 17.8 Å². The smallest absolute Gasteiger partial charge is 0.339 e. The van der Waals surface area contributed by atoms with E-state index in [1.54, 1.807) is 16.7 Å². The van der Waals surface area contributed by atoms with Crippen molar-refractivity contribution in [1.82, 2.24) is 9.55 Å². The summed E-state index contributed by atoms with van der Waals surface area (Å²) in [6.45, 7) is 5.32. The summed E-state index contributed by atoms with van der Waals surface area (Å²) in [5.74, 6) is 0.215. The molecule has 0 bridgehead atoms. The second-order valence-electron chi connectivity index (χ2n) is 10.6. The van der Waals surface area contributed by atoms with Crippen molar-refractivity contribution in [3.8, 4) is 0 Å². The highest BCUT2D eigenvalue weighted by molar-refractivity contribution is 5.95. The molecule has 4 aromatic rings. The van der Waals surface area contributed by atoms with Crippen LogP contribution in [0.2, 0.25) is 0 Å². The van der Waals surface area contributed by atoms with Gasteiger partial charge < -0.3 is 20.1 Å². The molecule has 200 valence electrons. The van der Waals surface area contributed by atoms with Crippen LogP contribution in [0, 0.1) is 6.92 Å². The number of aliphatic hydroxyl groups excluding tert-OH is 1. The third-order valence-electron chi connectivity index (χ3n) is 7.91. The summed E-state index contributed by atoms with van der Waals surface area (Å²) in [7, 11) is 1.37. The molecule has 1 aromatic heterocycles. The Morgan fingerprint density at radius 3 is 2.41 bits per heavy atom. The van der Waals surface area contributed by atoms with Gasteiger partial charge in [-0.2, -0.15) is 0 Å². The number of nitrogens with one attached hydrogen (secondary N) is 1. The Labute approximate surface area is 226 Å². The van der Waals surface area contributed by atoms with Gasteiger partial charge in [0.1, 0.15) is 0 Å². The van der Waals surface area contributed by atoms with E-state index in [1.807, 2.05) is 50.2 Å². The molecular weight excluding hydrogens is 492 g/mol. The minimum atomic E-state index is -0.418. The Morgan fingerprint density at radius 1 is 1.08 bits per heavy atom. The van der Waals surface area contributed by atoms with E-state index in [0.29, 0.717) is 54.0 Å². The first-order chi connectivity index (χ1) is 18.8. The van der Waals surface area contributed by atoms with Gasteiger partial charge in [0.25, 0.3) is 5.56 Å². The highest BCUT2D eigenvalue weighted by Gasteiger charge is 2.35. The quantitative estimate of drug-likeness (QED) is 0.347. The molecule has 39 heavy (non-hydrogen) atoms. The normalized spacial score (nSPS) is 18.9. The first-order valence-electron chi connectivity index (χ1n) is 13.3. The maximum Gasteiger partial charge on any atom is 0.339 e. The summed E-state index contributed by atoms with van der Waals surface area (Å²) in [5.41, 5.74) is 5.93. The second-order valence-corrected chi connectivity index (χ2v) is 10.6. The van der Waals surface area contributed by atoms with Gasteiger partial charge in [0, 0.05) is 30.4 Å². The van der Waals surface area contributed by atoms with Gasteiger partial charge in [-0.25, -0.2) is 9.78 Å². The van der Waals surface area contributed by atoms with Crippen molar-refractivity contribution in [1.29, 1.82) is 0 Å². The van der Waals surface area contributed by atoms with Gasteiger partial charge in [-0.1, -0.05) is 42.5 Å². The van der Waals surface area contributed by atoms with Crippen molar-refractivity contribution >= 4 is 28.5 Å². The molecule has 0 amide bonds. The van der Waals surface area contributed by atoms with E-state index >= 15 is 0 Å². The number of methoxy groups -OCH3 is 1. The van der Waals surface area contributed by atoms with E-state index in [0.717, 1.165) is 11.1 Å². The molecule has 2 N–H and O–H groups in total. The molecule has 1 fully saturated rings. The number of carbonyl (C=O) groups excluding carboxylic acids is 1. The van der Waals surface area contributed by atoms with E-state index in [-0.39, 0.29) is 17.6 Å². The molecule has 2 heterocycles. The number of hydrogen-bond donors (Lipinski definition) is 2. The number of anilines is 2. The summed E-state index contributed by atoms with van der Waals surface area (Å²) >= 11 is 0. The fourth-order valence-electron chi connectivity index (χ4n) is 5.80. The molecule has 1 aliphatic carbocycles. The van der Waals surface area contributed by atoms with Gasteiger partial charge in [0.15, 0.2) is 0 Å². The van der Waals surface area contributed by atoms with Crippen LogP contribution in [0.4, 0.5) is 11.6 Å². The van der Waals surface area contributed by atoms with E-state index in [2.05, 4.69) is 22.3 Å². The van der Waals surface area contributed by atoms with Gasteiger partial charge in [0.05, 0.1) is 35.7 Å². The molecule has 3 aromatic carbocycles. The number of aryl methyl sites for hydroxylation is 1. The van der Waals surface area contributed by atoms with Crippen molar-refractivity contribution in [2.45, 2.75) is 58.0 Å². The molecule has 1 saturated carbocycles. The fraction of sp³-hybridized carbons (Fsp3) is 0.323. The molecule has 0 saturated heterocycles. The number of rotatable bonds is 6. The zero-order chi connectivity index (χ0) is 27.3. The first kappa shape index (κ1) is 25.1. The lowest BCUT2D eigenvalue weighted by atomic mass is 9.89. The molecule has 6 rings (SSSR count). The number of ether oxygens (including phenoxy) is 1. The Morgan fingerprint density at radius 2 is 1.74 bits per heavy atom. The number of fused-ring (bicyclic) bond motifs is 2. The van der Waals surface area contributed by atoms with Crippen molar-refractivity contribution in [3.63, 3.8) is 0 Å². The number of benzene rings is 3. The lowest BCUT2D eigenvalue weighted by Crippen LogP contribution is -2.40. The SMILES string of the molecule is COC(=O)c1ccccc1NC(C)c1cc(C)cc2c(=O)n(C3CC(O)C3)c(N3Cc4ccccc4C3)nc12. The van der Waals surface area contributed by atoms with Crippen molar-refractivity contribution < 1.29 is 14.6 Å². The largest absolute Gasteiger partial charge is 0.465 e. The number of carbonyl (C=O) groups is 1. The Bertz CT molecular complexity index is 1610. The maximum absolute atomic E-state index is 14.1. The van der Waals surface area contributed by atoms with Crippen LogP contribution in [0.25, 0.3) is 10.9 Å². The molecule has 2 aliphatic rings. The molecule has 8 nitrogen and oxygen atoms in total. The minimum absolute atomic E-state index is 0.0880. The zero-order valence-electron chi connectivity index (χ0n) is 22.3. The van der Waals surface area contributed by atoms with E-state index < -0.39 is 12.1 Å². The summed E-state index contributed by atoms with van der Waals surface area (Å²) in [5, 5.41) is 14.1. The monoisotopic (exact) mass is 524 g/mol. The van der Waals surface area contributed by atoms with Crippen LogP contribution >= 0.6 is 0 Å². The Hall–Kier alpha value is -4.17. The predicted octanol–water partition coefficient (Wildman–Crippen LogP) is 4.88. The molecule has 1 aliphatic heterocycles. The number of nitrogens with zero attached hydrogens (tertiary/aromatic N) is 3. The van der Waals surface area contributed by atoms with Crippen molar-refractivity contribution in [2.24, 2.45) is 0 Å². The van der Waals surface area contributed by atoms with Gasteiger partial charge in [-0.3, -0.25) is 9.36 Å². The number of aliphatic hydroxyl groups is 1. The van der Waals surface area contributed by atoms with Gasteiger partial charge in [0.2, 0.25) is 5.95 Å². The first-order valence-corrected chi connectivity index (χ1v) is 13.3. The van der Waals surface area contributed by atoms with Crippen LogP contribution in [-0.4, -0.2) is 33.8 Å². The van der Waals surface area contributed by atoms with Crippen molar-refractivity contribution in [3.05, 3.63) is 98.8 Å². The van der Waals surface area contributed by atoms with Crippen LogP contribution in [0.5, 0.6) is 0 Å². The summed E-state index contributed by atoms with van der Waals surface area (Å²) < 4.78 is 6.77. The molecule has 8 heteroatoms. The summed E-state index contributed by atoms with van der Waals surface area (Å²) in [4.78, 5) is 33.8. The molecule has 0 spiro atoms. The maximum atomic E-state index is 14.1. The average Bonchev–Trinajstić information content (AvgIpc) is 3.35. The number of hydrogen-bond acceptors (Lipinski definition) is 7. The van der Waals surface area contributed by atoms with Crippen molar-refractivity contribution in [2.75, 3.05) is 17.3 Å². The van der Waals surface area contributed by atoms with E-state index in [9.17, 15) is 14.7 Å². The van der Waals surface area contributed by atoms with E-state index in [4.69, 9.17) is 9.72 Å². The highest BCUT2D eigenvalue weighted by atomic mass is 16.5. The fourth-order valence-corrected chi connectivity index (χ4v) is 5.80. The van der Waals surface area contributed by atoms with E-state index in [1.165, 1.54) is 18.2 Å². The predicted molar refractivity (Wildman–Crippen MR) is 151 cm³/mol. The third kappa shape index (κ3) is 4.44. The summed E-state index contributed by atoms with van der Waals surface area (Å²) in [6.07, 6.45) is 0.692. The number of esters is 1. The summed E-state index contributed by atoms with van der Waals surface area (Å²) in [6, 6.07) is 19.1. The number of para-hydroxylation sites is 1. The Kier molecular flexibility index (Phi) is 6.35. The average molecular weight is 525 g/mol. The molecular formula is C31H32N4O4. The minimum Gasteiger partial charge on any atom is -0.465 e. The lowest BCUT2D eigenvalue weighted by molar-refractivity contribution is 0.0474. The zero-order valence-corrected chi connectivity index (χ0v) is 22.3. The topological polar surface area (TPSA) is 96.7 Å². The third-order valence-corrected chi connectivity index (χ3v) is 7.91. The van der Waals surface area contributed by atoms with Crippen LogP contribution < -0.4 is 15.8 Å². The lowest BCUT2D eigenvalue weighted by Gasteiger charge is -2.36. The molecule has 1 atom stereocenters. The van der Waals surface area contributed by atoms with Crippen LogP contribution in [0.1, 0.15) is 64.5 Å². The Balaban J connectivity index is 1.48. The second kappa shape index (κ2) is 9.85. The van der Waals surface area contributed by atoms with Crippen LogP contribution in [0.3, 0.4) is 0 Å². The van der Waals surface area contributed by atoms with Gasteiger partial charge in [-0.15, -0.1) is 0 Å². The molecule has 1 unspecified atom stereocenters. The van der Waals surface area contributed by atoms with Gasteiger partial charge >= 0.3 is 5.97 Å². The number of aromatic nitrogens is 2. The van der Waals surface area contributed by atoms with Crippen LogP contribution in [0.15, 0.2) is 65.5 Å². The molecule has 0 radical (unpaired) electrons.